The Hall–Kier alpha value is -2.18. The summed E-state index contributed by atoms with van der Waals surface area (Å²) in [5.41, 5.74) is 0.325. The number of urea groups is 1. The monoisotopic (exact) mass is 280 g/mol. The van der Waals surface area contributed by atoms with Crippen molar-refractivity contribution in [1.29, 1.82) is 0 Å². The molecular formula is C13H20N4O3. The van der Waals surface area contributed by atoms with E-state index in [1.807, 2.05) is 20.8 Å². The number of carbonyl (C=O) groups is 2. The SMILES string of the molecule is CN(CCC(=O)O)C(=O)Nc1cnc(C(C)(C)C)nc1. The zero-order chi connectivity index (χ0) is 15.3. The van der Waals surface area contributed by atoms with Crippen molar-refractivity contribution in [2.24, 2.45) is 0 Å². The average Bonchev–Trinajstić information content (AvgIpc) is 2.35. The van der Waals surface area contributed by atoms with Gasteiger partial charge in [-0.2, -0.15) is 0 Å². The van der Waals surface area contributed by atoms with Gasteiger partial charge in [0.05, 0.1) is 24.5 Å². The number of hydrogen-bond donors (Lipinski definition) is 2. The van der Waals surface area contributed by atoms with Crippen molar-refractivity contribution < 1.29 is 14.7 Å². The Balaban J connectivity index is 2.60. The largest absolute Gasteiger partial charge is 0.481 e. The lowest BCUT2D eigenvalue weighted by atomic mass is 9.96. The summed E-state index contributed by atoms with van der Waals surface area (Å²) in [6.45, 7) is 6.14. The highest BCUT2D eigenvalue weighted by Gasteiger charge is 2.17. The highest BCUT2D eigenvalue weighted by atomic mass is 16.4. The fourth-order valence-corrected chi connectivity index (χ4v) is 1.36. The Morgan fingerprint density at radius 1 is 1.30 bits per heavy atom. The van der Waals surface area contributed by atoms with E-state index in [0.29, 0.717) is 11.5 Å². The summed E-state index contributed by atoms with van der Waals surface area (Å²) in [5.74, 6) is -0.253. The molecule has 0 spiro atoms. The smallest absolute Gasteiger partial charge is 0.321 e. The molecule has 1 aromatic rings. The van der Waals surface area contributed by atoms with Crippen LogP contribution in [0.5, 0.6) is 0 Å². The van der Waals surface area contributed by atoms with E-state index in [0.717, 1.165) is 0 Å². The van der Waals surface area contributed by atoms with Gasteiger partial charge in [-0.15, -0.1) is 0 Å². The van der Waals surface area contributed by atoms with Crippen LogP contribution >= 0.6 is 0 Å². The molecule has 0 bridgehead atoms. The fraction of sp³-hybridized carbons (Fsp3) is 0.538. The predicted molar refractivity (Wildman–Crippen MR) is 74.6 cm³/mol. The van der Waals surface area contributed by atoms with Crippen LogP contribution in [-0.2, 0) is 10.2 Å². The first-order chi connectivity index (χ1) is 9.20. The number of amides is 2. The van der Waals surface area contributed by atoms with Gasteiger partial charge in [0.15, 0.2) is 0 Å². The van der Waals surface area contributed by atoms with Crippen molar-refractivity contribution in [2.45, 2.75) is 32.6 Å². The molecular weight excluding hydrogens is 260 g/mol. The second-order valence-corrected chi connectivity index (χ2v) is 5.54. The molecule has 20 heavy (non-hydrogen) atoms. The number of carboxylic acids is 1. The summed E-state index contributed by atoms with van der Waals surface area (Å²) in [6, 6.07) is -0.390. The Morgan fingerprint density at radius 2 is 1.85 bits per heavy atom. The summed E-state index contributed by atoms with van der Waals surface area (Å²) >= 11 is 0. The Kier molecular flexibility index (Phi) is 5.01. The van der Waals surface area contributed by atoms with Gasteiger partial charge >= 0.3 is 12.0 Å². The van der Waals surface area contributed by atoms with Crippen LogP contribution in [0.4, 0.5) is 10.5 Å². The van der Waals surface area contributed by atoms with E-state index in [-0.39, 0.29) is 18.4 Å². The van der Waals surface area contributed by atoms with Crippen molar-refractivity contribution in [3.63, 3.8) is 0 Å². The third-order valence-corrected chi connectivity index (χ3v) is 2.58. The summed E-state index contributed by atoms with van der Waals surface area (Å²) in [6.07, 6.45) is 2.98. The van der Waals surface area contributed by atoms with Crippen LogP contribution in [0.3, 0.4) is 0 Å². The molecule has 2 N–H and O–H groups in total. The molecule has 1 heterocycles. The maximum Gasteiger partial charge on any atom is 0.321 e. The molecule has 0 saturated carbocycles. The molecule has 0 aromatic carbocycles. The minimum Gasteiger partial charge on any atom is -0.481 e. The zero-order valence-electron chi connectivity index (χ0n) is 12.2. The number of hydrogen-bond acceptors (Lipinski definition) is 4. The maximum atomic E-state index is 11.8. The van der Waals surface area contributed by atoms with Gasteiger partial charge in [0, 0.05) is 19.0 Å². The third kappa shape index (κ3) is 4.83. The Morgan fingerprint density at radius 3 is 2.30 bits per heavy atom. The summed E-state index contributed by atoms with van der Waals surface area (Å²) in [7, 11) is 1.53. The molecule has 7 nitrogen and oxygen atoms in total. The van der Waals surface area contributed by atoms with Crippen LogP contribution in [0.15, 0.2) is 12.4 Å². The van der Waals surface area contributed by atoms with Gasteiger partial charge in [-0.1, -0.05) is 20.8 Å². The van der Waals surface area contributed by atoms with E-state index in [9.17, 15) is 9.59 Å². The first kappa shape index (κ1) is 15.9. The lowest BCUT2D eigenvalue weighted by molar-refractivity contribution is -0.137. The molecule has 0 aliphatic carbocycles. The maximum absolute atomic E-state index is 11.8. The van der Waals surface area contributed by atoms with Gasteiger partial charge in [0.1, 0.15) is 5.82 Å². The van der Waals surface area contributed by atoms with Crippen LogP contribution in [0, 0.1) is 0 Å². The van der Waals surface area contributed by atoms with E-state index in [1.54, 1.807) is 0 Å². The molecule has 0 saturated heterocycles. The van der Waals surface area contributed by atoms with Crippen molar-refractivity contribution >= 4 is 17.7 Å². The van der Waals surface area contributed by atoms with E-state index in [1.165, 1.54) is 24.3 Å². The molecule has 7 heteroatoms. The van der Waals surface area contributed by atoms with E-state index in [2.05, 4.69) is 15.3 Å². The quantitative estimate of drug-likeness (QED) is 0.875. The number of nitrogens with one attached hydrogen (secondary N) is 1. The number of carboxylic acid groups (broad SMARTS) is 1. The van der Waals surface area contributed by atoms with Crippen LogP contribution in [0.25, 0.3) is 0 Å². The van der Waals surface area contributed by atoms with Gasteiger partial charge in [-0.3, -0.25) is 4.79 Å². The first-order valence-electron chi connectivity index (χ1n) is 6.26. The minimum absolute atomic E-state index is 0.0939. The fourth-order valence-electron chi connectivity index (χ4n) is 1.36. The normalized spacial score (nSPS) is 11.0. The minimum atomic E-state index is -0.942. The van der Waals surface area contributed by atoms with Crippen LogP contribution in [0.2, 0.25) is 0 Å². The predicted octanol–water partition coefficient (Wildman–Crippen LogP) is 1.71. The van der Waals surface area contributed by atoms with E-state index >= 15 is 0 Å². The van der Waals surface area contributed by atoms with Crippen LogP contribution < -0.4 is 5.32 Å². The van der Waals surface area contributed by atoms with Gasteiger partial charge in [0.2, 0.25) is 0 Å². The van der Waals surface area contributed by atoms with Crippen molar-refractivity contribution in [3.8, 4) is 0 Å². The summed E-state index contributed by atoms with van der Waals surface area (Å²) in [5, 5.41) is 11.2. The second-order valence-electron chi connectivity index (χ2n) is 5.54. The van der Waals surface area contributed by atoms with Crippen LogP contribution in [0.1, 0.15) is 33.0 Å². The number of carbonyl (C=O) groups excluding carboxylic acids is 1. The number of anilines is 1. The molecule has 0 atom stereocenters. The van der Waals surface area contributed by atoms with E-state index < -0.39 is 12.0 Å². The van der Waals surface area contributed by atoms with Crippen molar-refractivity contribution in [1.82, 2.24) is 14.9 Å². The average molecular weight is 280 g/mol. The standard InChI is InChI=1S/C13H20N4O3/c1-13(2,3)11-14-7-9(8-15-11)16-12(20)17(4)6-5-10(18)19/h7-8H,5-6H2,1-4H3,(H,16,20)(H,18,19). The van der Waals surface area contributed by atoms with Gasteiger partial charge < -0.3 is 15.3 Å². The van der Waals surface area contributed by atoms with E-state index in [4.69, 9.17) is 5.11 Å². The summed E-state index contributed by atoms with van der Waals surface area (Å²) in [4.78, 5) is 31.9. The first-order valence-corrected chi connectivity index (χ1v) is 6.26. The molecule has 0 aliphatic heterocycles. The second kappa shape index (κ2) is 6.31. The number of aromatic nitrogens is 2. The molecule has 0 fully saturated rings. The van der Waals surface area contributed by atoms with Crippen molar-refractivity contribution in [2.75, 3.05) is 18.9 Å². The topological polar surface area (TPSA) is 95.4 Å². The summed E-state index contributed by atoms with van der Waals surface area (Å²) < 4.78 is 0. The highest BCUT2D eigenvalue weighted by molar-refractivity contribution is 5.88. The Labute approximate surface area is 118 Å². The lowest BCUT2D eigenvalue weighted by Gasteiger charge is -2.18. The highest BCUT2D eigenvalue weighted by Crippen LogP contribution is 2.18. The molecule has 0 radical (unpaired) electrons. The van der Waals surface area contributed by atoms with Gasteiger partial charge in [-0.05, 0) is 0 Å². The van der Waals surface area contributed by atoms with Crippen LogP contribution in [-0.4, -0.2) is 45.6 Å². The zero-order valence-corrected chi connectivity index (χ0v) is 12.2. The van der Waals surface area contributed by atoms with Crippen molar-refractivity contribution in [3.05, 3.63) is 18.2 Å². The molecule has 1 rings (SSSR count). The third-order valence-electron chi connectivity index (χ3n) is 2.58. The number of rotatable bonds is 4. The molecule has 1 aromatic heterocycles. The van der Waals surface area contributed by atoms with Gasteiger partial charge in [-0.25, -0.2) is 14.8 Å². The Bertz CT molecular complexity index is 479. The molecule has 110 valence electrons. The molecule has 0 unspecified atom stereocenters. The number of aliphatic carboxylic acids is 1. The van der Waals surface area contributed by atoms with Gasteiger partial charge in [0.25, 0.3) is 0 Å². The molecule has 0 aliphatic rings. The number of nitrogens with zero attached hydrogens (tertiary/aromatic N) is 3. The molecule has 2 amide bonds. The lowest BCUT2D eigenvalue weighted by Crippen LogP contribution is -2.33.